The molecule has 12 heteroatoms. The zero-order valence-electron chi connectivity index (χ0n) is 24.7. The first kappa shape index (κ1) is 30.5. The monoisotopic (exact) mass is 645 g/mol. The smallest absolute Gasteiger partial charge is 0.301 e. The molecule has 1 amide bonds. The van der Waals surface area contributed by atoms with Crippen LogP contribution in [0, 0.1) is 0 Å². The van der Waals surface area contributed by atoms with Crippen molar-refractivity contribution in [2.75, 3.05) is 31.3 Å². The highest BCUT2D eigenvalue weighted by Gasteiger charge is 2.48. The number of fused-ring (bicyclic) bond motifs is 1. The predicted octanol–water partition coefficient (Wildman–Crippen LogP) is 6.42. The average Bonchev–Trinajstić information content (AvgIpc) is 3.64. The van der Waals surface area contributed by atoms with Gasteiger partial charge in [-0.1, -0.05) is 66.4 Å². The number of carbonyl (C=O) groups excluding carboxylic acids is 2. The lowest BCUT2D eigenvalue weighted by Crippen LogP contribution is -2.29. The van der Waals surface area contributed by atoms with Gasteiger partial charge < -0.3 is 24.1 Å². The van der Waals surface area contributed by atoms with Crippen molar-refractivity contribution in [2.24, 2.45) is 0 Å². The Balaban J connectivity index is 1.43. The minimum absolute atomic E-state index is 0.0879. The number of carbonyl (C=O) groups is 2. The summed E-state index contributed by atoms with van der Waals surface area (Å²) in [4.78, 5) is 28.8. The van der Waals surface area contributed by atoms with Crippen molar-refractivity contribution in [3.8, 4) is 23.0 Å². The molecule has 3 aromatic carbocycles. The fourth-order valence-electron chi connectivity index (χ4n) is 5.06. The highest BCUT2D eigenvalue weighted by Crippen LogP contribution is 2.46. The van der Waals surface area contributed by atoms with Gasteiger partial charge in [0.15, 0.2) is 27.3 Å². The van der Waals surface area contributed by atoms with Crippen molar-refractivity contribution in [3.63, 3.8) is 0 Å². The predicted molar refractivity (Wildman–Crippen MR) is 172 cm³/mol. The molecule has 232 valence electrons. The van der Waals surface area contributed by atoms with Gasteiger partial charge in [0, 0.05) is 11.3 Å². The molecule has 45 heavy (non-hydrogen) atoms. The van der Waals surface area contributed by atoms with Gasteiger partial charge in [0.1, 0.15) is 19.0 Å². The number of ether oxygens (including phenoxy) is 4. The Morgan fingerprint density at radius 2 is 1.78 bits per heavy atom. The van der Waals surface area contributed by atoms with Crippen LogP contribution in [-0.2, 0) is 15.3 Å². The van der Waals surface area contributed by atoms with E-state index < -0.39 is 17.7 Å². The van der Waals surface area contributed by atoms with Crippen molar-refractivity contribution in [3.05, 3.63) is 89.0 Å². The minimum atomic E-state index is -1.02. The summed E-state index contributed by atoms with van der Waals surface area (Å²) in [5, 5.41) is 20.5. The molecule has 3 heterocycles. The summed E-state index contributed by atoms with van der Waals surface area (Å²) in [5.41, 5.74) is 1.88. The van der Waals surface area contributed by atoms with E-state index in [9.17, 15) is 14.7 Å². The third-order valence-corrected chi connectivity index (χ3v) is 9.24. The van der Waals surface area contributed by atoms with Gasteiger partial charge in [0.05, 0.1) is 24.8 Å². The second kappa shape index (κ2) is 13.6. The van der Waals surface area contributed by atoms with E-state index >= 15 is 0 Å². The standard InChI is InChI=1S/C33H31N3O7S2/c1-3-14-41-23-12-10-21(17-25(23)40-4-2)28-27(29(37)22-11-13-24-26(18-22)43-16-15-42-24)30(38)31(39)36(28)32-34-35-33(45-32)44-19-20-8-6-5-7-9-20/h5-13,17-18,28,37H,3-4,14-16,19H2,1-2H3/b29-27+/t28-/m1/s1. The molecule has 10 nitrogen and oxygen atoms in total. The van der Waals surface area contributed by atoms with Gasteiger partial charge in [-0.3, -0.25) is 14.5 Å². The fourth-order valence-corrected chi connectivity index (χ4v) is 6.89. The minimum Gasteiger partial charge on any atom is -0.507 e. The number of amides is 1. The highest BCUT2D eigenvalue weighted by atomic mass is 32.2. The number of anilines is 1. The van der Waals surface area contributed by atoms with Crippen molar-refractivity contribution in [1.29, 1.82) is 0 Å². The van der Waals surface area contributed by atoms with E-state index in [-0.39, 0.29) is 16.5 Å². The lowest BCUT2D eigenvalue weighted by molar-refractivity contribution is -0.132. The zero-order valence-corrected chi connectivity index (χ0v) is 26.4. The van der Waals surface area contributed by atoms with E-state index in [4.69, 9.17) is 18.9 Å². The Labute approximate surface area is 268 Å². The van der Waals surface area contributed by atoms with Gasteiger partial charge >= 0.3 is 5.91 Å². The SMILES string of the molecule is CCCOc1ccc([C@@H]2/C(=C(\O)c3ccc4c(c3)OCCO4)C(=O)C(=O)N2c2nnc(SCc3ccccc3)s2)cc1OCC. The van der Waals surface area contributed by atoms with Crippen LogP contribution in [0.1, 0.15) is 43.0 Å². The number of nitrogens with zero attached hydrogens (tertiary/aromatic N) is 3. The molecular weight excluding hydrogens is 615 g/mol. The Morgan fingerprint density at radius 1 is 0.978 bits per heavy atom. The van der Waals surface area contributed by atoms with Crippen LogP contribution in [0.2, 0.25) is 0 Å². The lowest BCUT2D eigenvalue weighted by Gasteiger charge is -2.24. The maximum Gasteiger partial charge on any atom is 0.301 e. The highest BCUT2D eigenvalue weighted by molar-refractivity contribution is 8.00. The average molecular weight is 646 g/mol. The third kappa shape index (κ3) is 6.34. The molecule has 6 rings (SSSR count). The van der Waals surface area contributed by atoms with Gasteiger partial charge in [-0.15, -0.1) is 10.2 Å². The number of aliphatic hydroxyl groups is 1. The molecule has 1 saturated heterocycles. The largest absolute Gasteiger partial charge is 0.507 e. The number of hydrogen-bond acceptors (Lipinski definition) is 11. The quantitative estimate of drug-likeness (QED) is 0.0644. The molecular formula is C33H31N3O7S2. The van der Waals surface area contributed by atoms with E-state index in [0.29, 0.717) is 70.6 Å². The number of ketones is 1. The lowest BCUT2D eigenvalue weighted by atomic mass is 9.95. The van der Waals surface area contributed by atoms with Crippen LogP contribution in [0.5, 0.6) is 23.0 Å². The third-order valence-electron chi connectivity index (χ3n) is 7.11. The molecule has 0 bridgehead atoms. The van der Waals surface area contributed by atoms with Crippen LogP contribution in [0.25, 0.3) is 5.76 Å². The zero-order chi connectivity index (χ0) is 31.3. The van der Waals surface area contributed by atoms with Gasteiger partial charge in [-0.05, 0) is 54.8 Å². The summed E-state index contributed by atoms with van der Waals surface area (Å²) in [7, 11) is 0. The van der Waals surface area contributed by atoms with Crippen LogP contribution >= 0.6 is 23.1 Å². The summed E-state index contributed by atoms with van der Waals surface area (Å²) in [6, 6.07) is 19.1. The van der Waals surface area contributed by atoms with Crippen LogP contribution in [-0.4, -0.2) is 53.4 Å². The Bertz CT molecular complexity index is 1740. The summed E-state index contributed by atoms with van der Waals surface area (Å²) in [6.07, 6.45) is 0.810. The molecule has 1 fully saturated rings. The summed E-state index contributed by atoms with van der Waals surface area (Å²) < 4.78 is 23.7. The van der Waals surface area contributed by atoms with Crippen LogP contribution in [0.3, 0.4) is 0 Å². The molecule has 0 radical (unpaired) electrons. The summed E-state index contributed by atoms with van der Waals surface area (Å²) in [5.74, 6) is 0.643. The number of aliphatic hydroxyl groups excluding tert-OH is 1. The normalized spacial score (nSPS) is 17.0. The molecule has 0 saturated carbocycles. The molecule has 1 N–H and O–H groups in total. The number of Topliss-reactive ketones (excluding diaryl/α,β-unsaturated/α-hetero) is 1. The van der Waals surface area contributed by atoms with Crippen molar-refractivity contribution in [1.82, 2.24) is 10.2 Å². The first-order valence-corrected chi connectivity index (χ1v) is 16.4. The van der Waals surface area contributed by atoms with Crippen molar-refractivity contribution in [2.45, 2.75) is 36.4 Å². The van der Waals surface area contributed by atoms with E-state index in [2.05, 4.69) is 10.2 Å². The van der Waals surface area contributed by atoms with E-state index in [1.807, 2.05) is 44.2 Å². The first-order valence-electron chi connectivity index (χ1n) is 14.6. The number of hydrogen-bond donors (Lipinski definition) is 1. The van der Waals surface area contributed by atoms with Gasteiger partial charge in [0.25, 0.3) is 5.78 Å². The van der Waals surface area contributed by atoms with Crippen LogP contribution in [0.4, 0.5) is 5.13 Å². The number of aromatic nitrogens is 2. The molecule has 1 atom stereocenters. The van der Waals surface area contributed by atoms with Gasteiger partial charge in [-0.25, -0.2) is 0 Å². The van der Waals surface area contributed by atoms with E-state index in [1.165, 1.54) is 28.0 Å². The second-order valence-electron chi connectivity index (χ2n) is 10.1. The van der Waals surface area contributed by atoms with Crippen LogP contribution < -0.4 is 23.8 Å². The summed E-state index contributed by atoms with van der Waals surface area (Å²) in [6.45, 7) is 5.51. The molecule has 1 aromatic heterocycles. The van der Waals surface area contributed by atoms with E-state index in [1.54, 1.807) is 36.4 Å². The molecule has 0 spiro atoms. The van der Waals surface area contributed by atoms with E-state index in [0.717, 1.165) is 12.0 Å². The molecule has 0 aliphatic carbocycles. The topological polar surface area (TPSA) is 120 Å². The Kier molecular flexibility index (Phi) is 9.22. The summed E-state index contributed by atoms with van der Waals surface area (Å²) >= 11 is 2.69. The van der Waals surface area contributed by atoms with Crippen LogP contribution in [0.15, 0.2) is 76.6 Å². The maximum absolute atomic E-state index is 13.7. The molecule has 4 aromatic rings. The van der Waals surface area contributed by atoms with Gasteiger partial charge in [-0.2, -0.15) is 0 Å². The number of benzene rings is 3. The maximum atomic E-state index is 13.7. The number of rotatable bonds is 11. The van der Waals surface area contributed by atoms with Crippen molar-refractivity contribution >= 4 is 45.7 Å². The second-order valence-corrected chi connectivity index (χ2v) is 12.3. The number of thioether (sulfide) groups is 1. The Hall–Kier alpha value is -4.55. The molecule has 0 unspecified atom stereocenters. The Morgan fingerprint density at radius 3 is 2.56 bits per heavy atom. The molecule has 2 aliphatic heterocycles. The molecule has 2 aliphatic rings. The van der Waals surface area contributed by atoms with Crippen molar-refractivity contribution < 1.29 is 33.6 Å². The van der Waals surface area contributed by atoms with Gasteiger partial charge in [0.2, 0.25) is 5.13 Å². The fraction of sp³-hybridized carbons (Fsp3) is 0.273. The first-order chi connectivity index (χ1) is 22.0.